The lowest BCUT2D eigenvalue weighted by atomic mass is 9.95. The van der Waals surface area contributed by atoms with Gasteiger partial charge in [0.25, 0.3) is 0 Å². The molecule has 0 radical (unpaired) electrons. The first kappa shape index (κ1) is 22.1. The second-order valence-corrected chi connectivity index (χ2v) is 8.76. The number of ether oxygens (including phenoxy) is 1. The zero-order valence-electron chi connectivity index (χ0n) is 18.8. The molecule has 166 valence electrons. The fraction of sp³-hybridized carbons (Fsp3) is 0.321. The van der Waals surface area contributed by atoms with Gasteiger partial charge in [-0.25, -0.2) is 0 Å². The van der Waals surface area contributed by atoms with E-state index in [4.69, 9.17) is 4.74 Å². The van der Waals surface area contributed by atoms with E-state index in [2.05, 4.69) is 60.8 Å². The van der Waals surface area contributed by atoms with Gasteiger partial charge in [0.1, 0.15) is 18.9 Å². The van der Waals surface area contributed by atoms with Crippen LogP contribution in [0.3, 0.4) is 0 Å². The van der Waals surface area contributed by atoms with Crippen LogP contribution in [-0.4, -0.2) is 19.0 Å². The maximum atomic E-state index is 12.7. The molecule has 4 heteroatoms. The van der Waals surface area contributed by atoms with Crippen molar-refractivity contribution in [3.63, 3.8) is 0 Å². The SMILES string of the molecule is C[C@@H](NC(=O)C1CC[NH+](Cc2ccc(OCc3ccccc3)cc2)CC1)c1ccccc1. The molecule has 1 amide bonds. The van der Waals surface area contributed by atoms with E-state index in [9.17, 15) is 4.79 Å². The summed E-state index contributed by atoms with van der Waals surface area (Å²) in [6.07, 6.45) is 1.89. The number of likely N-dealkylation sites (tertiary alicyclic amines) is 1. The third kappa shape index (κ3) is 6.21. The van der Waals surface area contributed by atoms with E-state index in [1.54, 1.807) is 4.90 Å². The van der Waals surface area contributed by atoms with Crippen molar-refractivity contribution >= 4 is 5.91 Å². The highest BCUT2D eigenvalue weighted by molar-refractivity contribution is 5.79. The molecule has 0 saturated carbocycles. The Labute approximate surface area is 191 Å². The predicted molar refractivity (Wildman–Crippen MR) is 127 cm³/mol. The van der Waals surface area contributed by atoms with Crippen molar-refractivity contribution in [3.05, 3.63) is 102 Å². The Bertz CT molecular complexity index is 965. The van der Waals surface area contributed by atoms with Crippen LogP contribution >= 0.6 is 0 Å². The van der Waals surface area contributed by atoms with Crippen LogP contribution in [0.2, 0.25) is 0 Å². The average Bonchev–Trinajstić information content (AvgIpc) is 2.85. The van der Waals surface area contributed by atoms with Crippen molar-refractivity contribution in [3.8, 4) is 5.75 Å². The maximum Gasteiger partial charge on any atom is 0.224 e. The first-order chi connectivity index (χ1) is 15.7. The van der Waals surface area contributed by atoms with Crippen LogP contribution in [0.1, 0.15) is 42.5 Å². The summed E-state index contributed by atoms with van der Waals surface area (Å²) in [5, 5.41) is 3.20. The molecular formula is C28H33N2O2+. The van der Waals surface area contributed by atoms with E-state index in [0.717, 1.165) is 43.8 Å². The first-order valence-corrected chi connectivity index (χ1v) is 11.6. The Hall–Kier alpha value is -3.11. The van der Waals surface area contributed by atoms with Gasteiger partial charge >= 0.3 is 0 Å². The average molecular weight is 430 g/mol. The number of piperidine rings is 1. The predicted octanol–water partition coefficient (Wildman–Crippen LogP) is 3.94. The van der Waals surface area contributed by atoms with Gasteiger partial charge in [0.15, 0.2) is 0 Å². The second kappa shape index (κ2) is 11.0. The standard InChI is InChI=1S/C28H32N2O2/c1-22(25-10-6-3-7-11-25)29-28(31)26-16-18-30(19-17-26)20-23-12-14-27(15-13-23)32-21-24-8-4-2-5-9-24/h2-15,22,26H,16-21H2,1H3,(H,29,31)/p+1/t22-/m1/s1. The van der Waals surface area contributed by atoms with Gasteiger partial charge in [-0.1, -0.05) is 60.7 Å². The van der Waals surface area contributed by atoms with Crippen molar-refractivity contribution in [1.82, 2.24) is 5.32 Å². The van der Waals surface area contributed by atoms with Gasteiger partial charge in [-0.05, 0) is 42.3 Å². The number of hydrogen-bond donors (Lipinski definition) is 2. The molecule has 1 saturated heterocycles. The van der Waals surface area contributed by atoms with E-state index in [0.29, 0.717) is 6.61 Å². The summed E-state index contributed by atoms with van der Waals surface area (Å²) in [5.41, 5.74) is 3.64. The van der Waals surface area contributed by atoms with Crippen LogP contribution in [0.4, 0.5) is 0 Å². The lowest BCUT2D eigenvalue weighted by molar-refractivity contribution is -0.919. The van der Waals surface area contributed by atoms with Crippen molar-refractivity contribution in [2.24, 2.45) is 5.92 Å². The van der Waals surface area contributed by atoms with Gasteiger partial charge in [0.2, 0.25) is 5.91 Å². The summed E-state index contributed by atoms with van der Waals surface area (Å²) in [7, 11) is 0. The summed E-state index contributed by atoms with van der Waals surface area (Å²) < 4.78 is 5.89. The molecule has 3 aromatic carbocycles. The van der Waals surface area contributed by atoms with Crippen molar-refractivity contribution in [2.75, 3.05) is 13.1 Å². The fourth-order valence-corrected chi connectivity index (χ4v) is 4.35. The van der Waals surface area contributed by atoms with Gasteiger partial charge in [-0.2, -0.15) is 0 Å². The minimum Gasteiger partial charge on any atom is -0.489 e. The Kier molecular flexibility index (Phi) is 7.57. The van der Waals surface area contributed by atoms with Gasteiger partial charge in [-0.3, -0.25) is 4.79 Å². The molecule has 4 rings (SSSR count). The summed E-state index contributed by atoms with van der Waals surface area (Å²) >= 11 is 0. The number of amides is 1. The monoisotopic (exact) mass is 429 g/mol. The number of carbonyl (C=O) groups is 1. The Morgan fingerprint density at radius 3 is 2.19 bits per heavy atom. The smallest absolute Gasteiger partial charge is 0.224 e. The lowest BCUT2D eigenvalue weighted by Gasteiger charge is -2.29. The normalized spacial score (nSPS) is 19.2. The zero-order chi connectivity index (χ0) is 22.2. The van der Waals surface area contributed by atoms with Crippen molar-refractivity contribution in [2.45, 2.75) is 39.0 Å². The lowest BCUT2D eigenvalue weighted by Crippen LogP contribution is -3.11. The van der Waals surface area contributed by atoms with Gasteiger partial charge in [0, 0.05) is 24.3 Å². The van der Waals surface area contributed by atoms with Crippen molar-refractivity contribution in [1.29, 1.82) is 0 Å². The van der Waals surface area contributed by atoms with Crippen LogP contribution < -0.4 is 15.0 Å². The number of hydrogen-bond acceptors (Lipinski definition) is 2. The summed E-state index contributed by atoms with van der Waals surface area (Å²) in [6, 6.07) is 28.9. The van der Waals surface area contributed by atoms with E-state index in [1.165, 1.54) is 11.1 Å². The summed E-state index contributed by atoms with van der Waals surface area (Å²) in [6.45, 7) is 5.70. The molecule has 0 unspecified atom stereocenters. The fourth-order valence-electron chi connectivity index (χ4n) is 4.35. The molecule has 4 nitrogen and oxygen atoms in total. The largest absolute Gasteiger partial charge is 0.489 e. The highest BCUT2D eigenvalue weighted by Gasteiger charge is 2.28. The molecule has 1 heterocycles. The number of quaternary nitrogens is 1. The van der Waals surface area contributed by atoms with Crippen LogP contribution in [0.5, 0.6) is 5.75 Å². The molecule has 0 spiro atoms. The zero-order valence-corrected chi connectivity index (χ0v) is 18.8. The Morgan fingerprint density at radius 2 is 1.53 bits per heavy atom. The molecule has 0 aromatic heterocycles. The minimum atomic E-state index is 0.0525. The molecule has 1 atom stereocenters. The summed E-state index contributed by atoms with van der Waals surface area (Å²) in [4.78, 5) is 14.3. The molecule has 0 bridgehead atoms. The van der Waals surface area contributed by atoms with Crippen molar-refractivity contribution < 1.29 is 14.4 Å². The number of carbonyl (C=O) groups excluding carboxylic acids is 1. The topological polar surface area (TPSA) is 42.8 Å². The third-order valence-electron chi connectivity index (χ3n) is 6.35. The van der Waals surface area contributed by atoms with Crippen LogP contribution in [-0.2, 0) is 17.9 Å². The van der Waals surface area contributed by atoms with Crippen LogP contribution in [0.15, 0.2) is 84.9 Å². The molecule has 1 fully saturated rings. The van der Waals surface area contributed by atoms with E-state index < -0.39 is 0 Å². The highest BCUT2D eigenvalue weighted by Crippen LogP contribution is 2.17. The molecule has 1 aliphatic rings. The number of benzene rings is 3. The van der Waals surface area contributed by atoms with Gasteiger partial charge < -0.3 is 15.0 Å². The third-order valence-corrected chi connectivity index (χ3v) is 6.35. The first-order valence-electron chi connectivity index (χ1n) is 11.6. The number of nitrogens with one attached hydrogen (secondary N) is 2. The number of rotatable bonds is 8. The molecule has 1 aliphatic heterocycles. The maximum absolute atomic E-state index is 12.7. The molecular weight excluding hydrogens is 396 g/mol. The van der Waals surface area contributed by atoms with Gasteiger partial charge in [0.05, 0.1) is 19.1 Å². The molecule has 32 heavy (non-hydrogen) atoms. The van der Waals surface area contributed by atoms with E-state index >= 15 is 0 Å². The Morgan fingerprint density at radius 1 is 0.906 bits per heavy atom. The van der Waals surface area contributed by atoms with Gasteiger partial charge in [-0.15, -0.1) is 0 Å². The second-order valence-electron chi connectivity index (χ2n) is 8.76. The molecule has 0 aliphatic carbocycles. The minimum absolute atomic E-state index is 0.0525. The molecule has 3 aromatic rings. The van der Waals surface area contributed by atoms with E-state index in [-0.39, 0.29) is 17.9 Å². The quantitative estimate of drug-likeness (QED) is 0.570. The van der Waals surface area contributed by atoms with Crippen LogP contribution in [0.25, 0.3) is 0 Å². The Balaban J connectivity index is 1.20. The molecule has 2 N–H and O–H groups in total. The highest BCUT2D eigenvalue weighted by atomic mass is 16.5. The van der Waals surface area contributed by atoms with E-state index in [1.807, 2.05) is 36.4 Å². The summed E-state index contributed by atoms with van der Waals surface area (Å²) in [5.74, 6) is 1.22. The van der Waals surface area contributed by atoms with Crippen LogP contribution in [0, 0.1) is 5.92 Å².